The van der Waals surface area contributed by atoms with Gasteiger partial charge >= 0.3 is 6.61 Å². The summed E-state index contributed by atoms with van der Waals surface area (Å²) in [6.07, 6.45) is 3.14. The molecular weight excluding hydrogens is 428 g/mol. The van der Waals surface area contributed by atoms with Crippen LogP contribution in [0.4, 0.5) is 14.5 Å². The van der Waals surface area contributed by atoms with Crippen LogP contribution in [-0.2, 0) is 6.54 Å². The molecule has 0 bridgehead atoms. The first-order chi connectivity index (χ1) is 16.0. The molecule has 0 aliphatic heterocycles. The number of methoxy groups -OCH3 is 1. The third-order valence-electron chi connectivity index (χ3n) is 4.94. The van der Waals surface area contributed by atoms with Crippen molar-refractivity contribution < 1.29 is 23.0 Å². The van der Waals surface area contributed by atoms with E-state index in [0.717, 1.165) is 5.56 Å². The van der Waals surface area contributed by atoms with Crippen molar-refractivity contribution in [2.45, 2.75) is 13.2 Å². The van der Waals surface area contributed by atoms with Gasteiger partial charge < -0.3 is 14.8 Å². The van der Waals surface area contributed by atoms with Crippen molar-refractivity contribution in [2.75, 3.05) is 12.4 Å². The zero-order valence-electron chi connectivity index (χ0n) is 17.7. The molecule has 0 spiro atoms. The number of carbonyl (C=O) groups is 1. The second-order valence-electron chi connectivity index (χ2n) is 7.18. The number of amides is 1. The molecule has 168 valence electrons. The summed E-state index contributed by atoms with van der Waals surface area (Å²) in [5.74, 6) is 0.272. The van der Waals surface area contributed by atoms with Crippen LogP contribution in [0.15, 0.2) is 85.2 Å². The molecule has 0 fully saturated rings. The zero-order valence-corrected chi connectivity index (χ0v) is 17.7. The van der Waals surface area contributed by atoms with E-state index in [2.05, 4.69) is 15.2 Å². The largest absolute Gasteiger partial charge is 0.497 e. The number of hydrogen-bond donors (Lipinski definition) is 1. The molecule has 33 heavy (non-hydrogen) atoms. The number of aromatic nitrogens is 2. The van der Waals surface area contributed by atoms with E-state index in [9.17, 15) is 13.6 Å². The van der Waals surface area contributed by atoms with Gasteiger partial charge in [0.2, 0.25) is 0 Å². The van der Waals surface area contributed by atoms with Crippen LogP contribution in [0.3, 0.4) is 0 Å². The van der Waals surface area contributed by atoms with Crippen molar-refractivity contribution in [3.8, 4) is 22.6 Å². The van der Waals surface area contributed by atoms with E-state index in [4.69, 9.17) is 4.74 Å². The van der Waals surface area contributed by atoms with E-state index in [1.807, 2.05) is 30.3 Å². The van der Waals surface area contributed by atoms with Gasteiger partial charge in [-0.05, 0) is 41.5 Å². The minimum Gasteiger partial charge on any atom is -0.497 e. The standard InChI is InChI=1S/C25H21F2N3O3/c1-32-21-10-7-18(8-11-21)22-13-20(9-12-23(22)33-25(26)27)29-24(31)19-14-28-30(16-19)15-17-5-3-2-4-6-17/h2-14,16,25H,15H2,1H3,(H,29,31). The van der Waals surface area contributed by atoms with Crippen molar-refractivity contribution in [1.82, 2.24) is 9.78 Å². The average Bonchev–Trinajstić information content (AvgIpc) is 3.29. The smallest absolute Gasteiger partial charge is 0.387 e. The number of hydrogen-bond acceptors (Lipinski definition) is 4. The molecule has 1 heterocycles. The summed E-state index contributed by atoms with van der Waals surface area (Å²) < 4.78 is 37.3. The Kier molecular flexibility index (Phi) is 6.64. The van der Waals surface area contributed by atoms with E-state index in [-0.39, 0.29) is 11.7 Å². The number of anilines is 1. The lowest BCUT2D eigenvalue weighted by Gasteiger charge is -2.14. The molecule has 1 N–H and O–H groups in total. The van der Waals surface area contributed by atoms with Crippen molar-refractivity contribution in [2.24, 2.45) is 0 Å². The van der Waals surface area contributed by atoms with Crippen molar-refractivity contribution in [3.63, 3.8) is 0 Å². The number of alkyl halides is 2. The SMILES string of the molecule is COc1ccc(-c2cc(NC(=O)c3cnn(Cc4ccccc4)c3)ccc2OC(F)F)cc1. The Morgan fingerprint density at radius 1 is 1.06 bits per heavy atom. The summed E-state index contributed by atoms with van der Waals surface area (Å²) in [5, 5.41) is 7.03. The fourth-order valence-corrected chi connectivity index (χ4v) is 3.34. The van der Waals surface area contributed by atoms with Gasteiger partial charge in [-0.2, -0.15) is 13.9 Å². The lowest BCUT2D eigenvalue weighted by atomic mass is 10.0. The molecule has 1 amide bonds. The van der Waals surface area contributed by atoms with Crippen LogP contribution in [0.1, 0.15) is 15.9 Å². The highest BCUT2D eigenvalue weighted by atomic mass is 19.3. The molecule has 0 aliphatic carbocycles. The van der Waals surface area contributed by atoms with Gasteiger partial charge in [0.25, 0.3) is 5.91 Å². The van der Waals surface area contributed by atoms with Crippen LogP contribution in [0.25, 0.3) is 11.1 Å². The van der Waals surface area contributed by atoms with Gasteiger partial charge in [-0.15, -0.1) is 0 Å². The summed E-state index contributed by atoms with van der Waals surface area (Å²) in [5.41, 5.74) is 2.92. The van der Waals surface area contributed by atoms with Crippen LogP contribution >= 0.6 is 0 Å². The highest BCUT2D eigenvalue weighted by Crippen LogP contribution is 2.34. The molecule has 0 atom stereocenters. The van der Waals surface area contributed by atoms with E-state index >= 15 is 0 Å². The van der Waals surface area contributed by atoms with Crippen LogP contribution in [-0.4, -0.2) is 29.4 Å². The molecule has 4 aromatic rings. The molecule has 8 heteroatoms. The third-order valence-corrected chi connectivity index (χ3v) is 4.94. The summed E-state index contributed by atoms with van der Waals surface area (Å²) in [7, 11) is 1.54. The zero-order chi connectivity index (χ0) is 23.2. The van der Waals surface area contributed by atoms with Crippen molar-refractivity contribution in [3.05, 3.63) is 96.3 Å². The van der Waals surface area contributed by atoms with Crippen LogP contribution in [0.2, 0.25) is 0 Å². The van der Waals surface area contributed by atoms with Gasteiger partial charge in [-0.1, -0.05) is 42.5 Å². The van der Waals surface area contributed by atoms with Gasteiger partial charge in [0.05, 0.1) is 25.4 Å². The van der Waals surface area contributed by atoms with E-state index in [1.54, 1.807) is 48.3 Å². The number of nitrogens with one attached hydrogen (secondary N) is 1. The van der Waals surface area contributed by atoms with Gasteiger partial charge in [0.1, 0.15) is 11.5 Å². The maximum atomic E-state index is 12.9. The van der Waals surface area contributed by atoms with Gasteiger partial charge in [0.15, 0.2) is 0 Å². The Bertz CT molecular complexity index is 1230. The summed E-state index contributed by atoms with van der Waals surface area (Å²) in [4.78, 5) is 12.7. The van der Waals surface area contributed by atoms with Crippen LogP contribution in [0.5, 0.6) is 11.5 Å². The normalized spacial score (nSPS) is 10.8. The quantitative estimate of drug-likeness (QED) is 0.388. The molecule has 0 unspecified atom stereocenters. The Morgan fingerprint density at radius 3 is 2.52 bits per heavy atom. The molecule has 0 aliphatic rings. The first-order valence-corrected chi connectivity index (χ1v) is 10.1. The van der Waals surface area contributed by atoms with Crippen LogP contribution < -0.4 is 14.8 Å². The van der Waals surface area contributed by atoms with Crippen molar-refractivity contribution >= 4 is 11.6 Å². The average molecular weight is 449 g/mol. The molecule has 0 radical (unpaired) electrons. The molecule has 0 saturated carbocycles. The summed E-state index contributed by atoms with van der Waals surface area (Å²) in [6.45, 7) is -2.44. The Balaban J connectivity index is 1.54. The van der Waals surface area contributed by atoms with E-state index < -0.39 is 6.61 Å². The lowest BCUT2D eigenvalue weighted by molar-refractivity contribution is -0.0494. The van der Waals surface area contributed by atoms with E-state index in [0.29, 0.717) is 34.7 Å². The minimum atomic E-state index is -2.97. The summed E-state index contributed by atoms with van der Waals surface area (Å²) in [6, 6.07) is 21.2. The molecular formula is C25H21F2N3O3. The van der Waals surface area contributed by atoms with Gasteiger partial charge in [-0.3, -0.25) is 9.48 Å². The Hall–Kier alpha value is -4.20. The first kappa shape index (κ1) is 22.0. The van der Waals surface area contributed by atoms with Gasteiger partial charge in [0, 0.05) is 17.4 Å². The monoisotopic (exact) mass is 449 g/mol. The van der Waals surface area contributed by atoms with Crippen LogP contribution in [0, 0.1) is 0 Å². The van der Waals surface area contributed by atoms with Crippen molar-refractivity contribution in [1.29, 1.82) is 0 Å². The maximum absolute atomic E-state index is 12.9. The fourth-order valence-electron chi connectivity index (χ4n) is 3.34. The second kappa shape index (κ2) is 9.95. The number of rotatable bonds is 8. The third kappa shape index (κ3) is 5.54. The second-order valence-corrected chi connectivity index (χ2v) is 7.18. The first-order valence-electron chi connectivity index (χ1n) is 10.1. The number of nitrogens with zero attached hydrogens (tertiary/aromatic N) is 2. The van der Waals surface area contributed by atoms with E-state index in [1.165, 1.54) is 18.3 Å². The minimum absolute atomic E-state index is 0.00356. The molecule has 4 rings (SSSR count). The Morgan fingerprint density at radius 2 is 1.82 bits per heavy atom. The summed E-state index contributed by atoms with van der Waals surface area (Å²) >= 11 is 0. The fraction of sp³-hybridized carbons (Fsp3) is 0.120. The molecule has 3 aromatic carbocycles. The highest BCUT2D eigenvalue weighted by Gasteiger charge is 2.15. The number of benzene rings is 3. The molecule has 6 nitrogen and oxygen atoms in total. The Labute approximate surface area is 189 Å². The lowest BCUT2D eigenvalue weighted by Crippen LogP contribution is -2.11. The molecule has 1 aromatic heterocycles. The van der Waals surface area contributed by atoms with Gasteiger partial charge in [-0.25, -0.2) is 0 Å². The highest BCUT2D eigenvalue weighted by molar-refractivity contribution is 6.04. The number of ether oxygens (including phenoxy) is 2. The topological polar surface area (TPSA) is 65.4 Å². The number of carbonyl (C=O) groups excluding carboxylic acids is 1. The maximum Gasteiger partial charge on any atom is 0.387 e. The predicted octanol–water partition coefficient (Wildman–Crippen LogP) is 5.46. The predicted molar refractivity (Wildman–Crippen MR) is 121 cm³/mol. The molecule has 0 saturated heterocycles. The number of halogens is 2.